The van der Waals surface area contributed by atoms with Gasteiger partial charge in [0.05, 0.1) is 29.8 Å². The first-order valence-corrected chi connectivity index (χ1v) is 16.6. The van der Waals surface area contributed by atoms with Gasteiger partial charge in [-0.25, -0.2) is 0 Å². The zero-order valence-electron chi connectivity index (χ0n) is 29.5. The van der Waals surface area contributed by atoms with Crippen molar-refractivity contribution in [1.82, 2.24) is 4.90 Å². The molecule has 0 aromatic rings. The molecule has 3 fully saturated rings. The third-order valence-corrected chi connectivity index (χ3v) is 10.9. The van der Waals surface area contributed by atoms with Crippen molar-refractivity contribution >= 4 is 17.5 Å². The molecule has 3 saturated heterocycles. The number of esters is 1. The Kier molecular flexibility index (Phi) is 12.8. The predicted molar refractivity (Wildman–Crippen MR) is 167 cm³/mol. The van der Waals surface area contributed by atoms with Crippen molar-refractivity contribution in [2.75, 3.05) is 34.4 Å². The third-order valence-electron chi connectivity index (χ3n) is 10.9. The van der Waals surface area contributed by atoms with E-state index in [4.69, 9.17) is 28.4 Å². The summed E-state index contributed by atoms with van der Waals surface area (Å²) in [6.45, 7) is 15.9. The van der Waals surface area contributed by atoms with Crippen LogP contribution in [0.2, 0.25) is 0 Å². The Hall–Kier alpha value is -1.47. The largest absolute Gasteiger partial charge is 0.459 e. The van der Waals surface area contributed by atoms with Gasteiger partial charge in [0.2, 0.25) is 0 Å². The SMILES string of the molecule is CC[C@H]1OC(=O)[C@H](C)[C@H]2OCC(=O)CO[C@](C)(C[C@@H](C)C(=O)C(C)[C@@H](C)[C@]1(C)O)[C@H](O[C@@H]1O[C@H](C)C[C@H](N(C)C)[C@H]1OC)[C@H]2C. The number of hydrogen-bond donors (Lipinski definition) is 1. The number of rotatable bonds is 5. The highest BCUT2D eigenvalue weighted by Crippen LogP contribution is 2.41. The number of fused-ring (bicyclic) bond motifs is 3. The van der Waals surface area contributed by atoms with Crippen molar-refractivity contribution < 1.29 is 47.9 Å². The molecule has 0 saturated carbocycles. The van der Waals surface area contributed by atoms with E-state index in [9.17, 15) is 19.5 Å². The first-order valence-electron chi connectivity index (χ1n) is 16.6. The number of likely N-dealkylation sites (N-methyl/N-ethyl adjacent to an activating group) is 1. The lowest BCUT2D eigenvalue weighted by Crippen LogP contribution is -2.60. The maximum Gasteiger partial charge on any atom is 0.311 e. The van der Waals surface area contributed by atoms with Gasteiger partial charge in [-0.15, -0.1) is 0 Å². The van der Waals surface area contributed by atoms with Crippen LogP contribution in [0.4, 0.5) is 0 Å². The molecule has 0 amide bonds. The summed E-state index contributed by atoms with van der Waals surface area (Å²) in [7, 11) is 5.61. The second-order valence-corrected chi connectivity index (χ2v) is 14.5. The summed E-state index contributed by atoms with van der Waals surface area (Å²) in [5.74, 6) is -3.85. The molecule has 260 valence electrons. The number of ketones is 2. The average Bonchev–Trinajstić information content (AvgIpc) is 3.02. The van der Waals surface area contributed by atoms with Crippen LogP contribution < -0.4 is 0 Å². The van der Waals surface area contributed by atoms with Crippen LogP contribution in [0.3, 0.4) is 0 Å². The first kappa shape index (κ1) is 38.0. The Morgan fingerprint density at radius 1 is 1.00 bits per heavy atom. The molecule has 0 aromatic carbocycles. The Balaban J connectivity index is 2.19. The Morgan fingerprint density at radius 2 is 1.64 bits per heavy atom. The molecule has 1 N–H and O–H groups in total. The van der Waals surface area contributed by atoms with Crippen molar-refractivity contribution in [3.63, 3.8) is 0 Å². The van der Waals surface area contributed by atoms with E-state index in [1.807, 2.05) is 55.6 Å². The summed E-state index contributed by atoms with van der Waals surface area (Å²) in [4.78, 5) is 42.9. The predicted octanol–water partition coefficient (Wildman–Crippen LogP) is 3.42. The Bertz CT molecular complexity index is 1030. The maximum atomic E-state index is 14.0. The second-order valence-electron chi connectivity index (χ2n) is 14.5. The molecule has 11 nitrogen and oxygen atoms in total. The molecule has 3 aliphatic rings. The van der Waals surface area contributed by atoms with Crippen LogP contribution in [-0.4, -0.2) is 116 Å². The maximum absolute atomic E-state index is 14.0. The molecule has 0 spiro atoms. The number of methoxy groups -OCH3 is 1. The fourth-order valence-electron chi connectivity index (χ4n) is 7.73. The fourth-order valence-corrected chi connectivity index (χ4v) is 7.73. The molecular weight excluding hydrogens is 582 g/mol. The van der Waals surface area contributed by atoms with Crippen LogP contribution in [0.25, 0.3) is 0 Å². The van der Waals surface area contributed by atoms with Gasteiger partial charge in [0.1, 0.15) is 36.8 Å². The standard InChI is InChI=1S/C34H59NO10/c1-13-26-34(9,39)23(7)20(4)27(37)18(2)15-33(8)30(45-32-29(40-12)25(35(10)11)14-19(3)43-32)21(5)28(22(6)31(38)44-26)41-16-24(36)17-42-33/h18-23,25-26,28-30,32,39H,13-17H2,1-12H3/t18-,19-,20?,21+,22-,23-,25+,26-,28+,29-,30-,32+,33-,34+/m1/s1. The molecule has 14 atom stereocenters. The summed E-state index contributed by atoms with van der Waals surface area (Å²) in [6.07, 6.45) is -2.50. The van der Waals surface area contributed by atoms with Crippen LogP contribution in [0.5, 0.6) is 0 Å². The lowest BCUT2D eigenvalue weighted by molar-refractivity contribution is -0.306. The van der Waals surface area contributed by atoms with Crippen LogP contribution in [-0.2, 0) is 42.8 Å². The number of Topliss-reactive ketones (excluding diaryl/α,β-unsaturated/α-hetero) is 2. The lowest BCUT2D eigenvalue weighted by atomic mass is 9.71. The minimum absolute atomic E-state index is 0.00422. The van der Waals surface area contributed by atoms with Crippen molar-refractivity contribution in [1.29, 1.82) is 0 Å². The topological polar surface area (TPSA) is 130 Å². The number of nitrogens with zero attached hydrogens (tertiary/aromatic N) is 1. The minimum Gasteiger partial charge on any atom is -0.459 e. The van der Waals surface area contributed by atoms with Gasteiger partial charge in [0.25, 0.3) is 0 Å². The molecule has 2 bridgehead atoms. The first-order chi connectivity index (χ1) is 20.9. The number of carbonyl (C=O) groups is 3. The van der Waals surface area contributed by atoms with Crippen LogP contribution in [0.15, 0.2) is 0 Å². The van der Waals surface area contributed by atoms with Gasteiger partial charge in [-0.2, -0.15) is 0 Å². The van der Waals surface area contributed by atoms with E-state index in [0.29, 0.717) is 6.42 Å². The summed E-state index contributed by atoms with van der Waals surface area (Å²) in [5.41, 5.74) is -2.63. The summed E-state index contributed by atoms with van der Waals surface area (Å²) in [5, 5.41) is 11.7. The minimum atomic E-state index is -1.46. The number of hydrogen-bond acceptors (Lipinski definition) is 11. The monoisotopic (exact) mass is 641 g/mol. The number of aliphatic hydroxyl groups is 1. The van der Waals surface area contributed by atoms with Crippen LogP contribution >= 0.6 is 0 Å². The van der Waals surface area contributed by atoms with E-state index >= 15 is 0 Å². The van der Waals surface area contributed by atoms with Crippen molar-refractivity contribution in [2.45, 2.75) is 136 Å². The van der Waals surface area contributed by atoms with Gasteiger partial charge in [0.15, 0.2) is 12.1 Å². The van der Waals surface area contributed by atoms with Gasteiger partial charge < -0.3 is 38.4 Å². The number of ether oxygens (including phenoxy) is 6. The molecule has 3 aliphatic heterocycles. The normalized spacial score (nSPS) is 46.2. The van der Waals surface area contributed by atoms with Gasteiger partial charge in [-0.3, -0.25) is 14.4 Å². The molecule has 0 aromatic heterocycles. The summed E-state index contributed by atoms with van der Waals surface area (Å²) >= 11 is 0. The Morgan fingerprint density at radius 3 is 2.22 bits per heavy atom. The highest BCUT2D eigenvalue weighted by Gasteiger charge is 2.53. The van der Waals surface area contributed by atoms with Crippen LogP contribution in [0, 0.1) is 29.6 Å². The van der Waals surface area contributed by atoms with E-state index in [2.05, 4.69) is 4.90 Å². The third kappa shape index (κ3) is 8.16. The van der Waals surface area contributed by atoms with E-state index in [0.717, 1.165) is 6.42 Å². The molecule has 1 unspecified atom stereocenters. The summed E-state index contributed by atoms with van der Waals surface area (Å²) in [6, 6.07) is 0.00422. The van der Waals surface area contributed by atoms with Crippen molar-refractivity contribution in [3.8, 4) is 0 Å². The highest BCUT2D eigenvalue weighted by atomic mass is 16.7. The van der Waals surface area contributed by atoms with E-state index in [1.54, 1.807) is 27.9 Å². The smallest absolute Gasteiger partial charge is 0.311 e. The van der Waals surface area contributed by atoms with E-state index < -0.39 is 77.5 Å². The van der Waals surface area contributed by atoms with Crippen molar-refractivity contribution in [2.24, 2.45) is 29.6 Å². The summed E-state index contributed by atoms with van der Waals surface area (Å²) < 4.78 is 37.9. The fraction of sp³-hybridized carbons (Fsp3) is 0.912. The van der Waals surface area contributed by atoms with Gasteiger partial charge >= 0.3 is 5.97 Å². The lowest BCUT2D eigenvalue weighted by Gasteiger charge is -2.49. The molecule has 3 heterocycles. The average molecular weight is 642 g/mol. The molecule has 0 aliphatic carbocycles. The number of cyclic esters (lactones) is 1. The van der Waals surface area contributed by atoms with Crippen molar-refractivity contribution in [3.05, 3.63) is 0 Å². The van der Waals surface area contributed by atoms with Gasteiger partial charge in [-0.1, -0.05) is 34.6 Å². The molecule has 11 heteroatoms. The molecule has 3 rings (SSSR count). The van der Waals surface area contributed by atoms with Gasteiger partial charge in [0, 0.05) is 30.9 Å². The Labute approximate surface area is 269 Å². The number of carbonyl (C=O) groups excluding carboxylic acids is 3. The highest BCUT2D eigenvalue weighted by molar-refractivity contribution is 5.83. The second kappa shape index (κ2) is 15.2. The zero-order valence-corrected chi connectivity index (χ0v) is 29.5. The van der Waals surface area contributed by atoms with E-state index in [1.165, 1.54) is 0 Å². The van der Waals surface area contributed by atoms with E-state index in [-0.39, 0.29) is 43.3 Å². The molecule has 0 radical (unpaired) electrons. The quantitative estimate of drug-likeness (QED) is 0.443. The van der Waals surface area contributed by atoms with Crippen LogP contribution in [0.1, 0.15) is 81.6 Å². The molecular formula is C34H59NO10. The molecule has 45 heavy (non-hydrogen) atoms. The zero-order chi connectivity index (χ0) is 34.0. The van der Waals surface area contributed by atoms with Gasteiger partial charge in [-0.05, 0) is 67.0 Å².